The number of hydrogen-bond acceptors (Lipinski definition) is 5. The molecule has 0 atom stereocenters. The maximum Gasteiger partial charge on any atom is 0.338 e. The van der Waals surface area contributed by atoms with Crippen LogP contribution < -0.4 is 0 Å². The molecule has 0 bridgehead atoms. The minimum absolute atomic E-state index is 0.0347. The third-order valence-electron chi connectivity index (χ3n) is 5.46. The Morgan fingerprint density at radius 2 is 1.84 bits per heavy atom. The van der Waals surface area contributed by atoms with Gasteiger partial charge in [-0.05, 0) is 63.2 Å². The molecule has 0 spiro atoms. The second-order valence-corrected chi connectivity index (χ2v) is 8.11. The van der Waals surface area contributed by atoms with E-state index in [0.29, 0.717) is 30.7 Å². The molecule has 3 rings (SSSR count). The topological polar surface area (TPSA) is 68.2 Å². The highest BCUT2D eigenvalue weighted by atomic mass is 16.6. The molecule has 6 nitrogen and oxygen atoms in total. The Balaban J connectivity index is 1.82. The number of rotatable bonds is 3. The lowest BCUT2D eigenvalue weighted by Gasteiger charge is -2.15. The number of benzene rings is 1. The molecule has 1 aromatic carbocycles. The van der Waals surface area contributed by atoms with E-state index < -0.39 is 0 Å². The predicted molar refractivity (Wildman–Crippen MR) is 121 cm³/mol. The number of likely N-dealkylation sites (tertiary alicyclic amines) is 1. The molecule has 0 N–H and O–H groups in total. The first-order valence-corrected chi connectivity index (χ1v) is 11.1. The molecule has 0 radical (unpaired) electrons. The van der Waals surface area contributed by atoms with Gasteiger partial charge in [-0.3, -0.25) is 4.79 Å². The molecule has 1 saturated heterocycles. The van der Waals surface area contributed by atoms with E-state index >= 15 is 0 Å². The second-order valence-electron chi connectivity index (χ2n) is 8.11. The Kier molecular flexibility index (Phi) is 8.44. The molecule has 0 saturated carbocycles. The van der Waals surface area contributed by atoms with Crippen LogP contribution in [0.15, 0.2) is 41.6 Å². The number of hydrogen-bond donors (Lipinski definition) is 0. The van der Waals surface area contributed by atoms with Gasteiger partial charge in [0.2, 0.25) is 0 Å². The van der Waals surface area contributed by atoms with Gasteiger partial charge >= 0.3 is 5.97 Å². The number of allylic oxidation sites excluding steroid dienone is 3. The van der Waals surface area contributed by atoms with Crippen molar-refractivity contribution >= 4 is 17.6 Å². The molecular weight excluding hydrogens is 392 g/mol. The maximum atomic E-state index is 12.8. The zero-order valence-corrected chi connectivity index (χ0v) is 18.6. The van der Waals surface area contributed by atoms with E-state index in [4.69, 9.17) is 9.57 Å². The average Bonchev–Trinajstić information content (AvgIpc) is 3.26. The number of carbonyl (C=O) groups excluding carboxylic acids is 2. The number of aryl methyl sites for hydroxylation is 2. The van der Waals surface area contributed by atoms with Gasteiger partial charge in [-0.2, -0.15) is 0 Å². The van der Waals surface area contributed by atoms with Crippen LogP contribution in [-0.2, 0) is 20.8 Å². The summed E-state index contributed by atoms with van der Waals surface area (Å²) in [7, 11) is 0. The summed E-state index contributed by atoms with van der Waals surface area (Å²) < 4.78 is 5.51. The highest BCUT2D eigenvalue weighted by Gasteiger charge is 2.19. The van der Waals surface area contributed by atoms with Crippen molar-refractivity contribution in [2.45, 2.75) is 52.4 Å². The smallest absolute Gasteiger partial charge is 0.338 e. The van der Waals surface area contributed by atoms with Crippen LogP contribution in [-0.4, -0.2) is 48.8 Å². The summed E-state index contributed by atoms with van der Waals surface area (Å²) in [5, 5.41) is 4.26. The molecule has 1 aromatic rings. The third kappa shape index (κ3) is 6.81. The van der Waals surface area contributed by atoms with Crippen LogP contribution in [0.1, 0.15) is 59.2 Å². The number of oxime groups is 1. The average molecular weight is 425 g/mol. The van der Waals surface area contributed by atoms with Gasteiger partial charge < -0.3 is 14.5 Å². The summed E-state index contributed by atoms with van der Waals surface area (Å²) in [6, 6.07) is 3.98. The van der Waals surface area contributed by atoms with E-state index in [1.54, 1.807) is 0 Å². The fourth-order valence-electron chi connectivity index (χ4n) is 3.97. The van der Waals surface area contributed by atoms with E-state index in [0.717, 1.165) is 55.5 Å². The zero-order chi connectivity index (χ0) is 22.1. The van der Waals surface area contributed by atoms with E-state index in [1.165, 1.54) is 0 Å². The molecule has 0 aliphatic carbocycles. The van der Waals surface area contributed by atoms with Crippen LogP contribution in [0.25, 0.3) is 0 Å². The zero-order valence-electron chi connectivity index (χ0n) is 18.6. The van der Waals surface area contributed by atoms with Gasteiger partial charge in [-0.15, -0.1) is 0 Å². The van der Waals surface area contributed by atoms with Gasteiger partial charge in [0.05, 0.1) is 17.9 Å². The van der Waals surface area contributed by atoms with Crippen molar-refractivity contribution in [1.29, 1.82) is 0 Å². The predicted octanol–water partition coefficient (Wildman–Crippen LogP) is 4.29. The van der Waals surface area contributed by atoms with Gasteiger partial charge in [-0.25, -0.2) is 4.79 Å². The Labute approximate surface area is 184 Å². The lowest BCUT2D eigenvalue weighted by molar-refractivity contribution is -0.135. The second kappa shape index (κ2) is 11.5. The molecule has 2 heterocycles. The third-order valence-corrected chi connectivity index (χ3v) is 5.46. The van der Waals surface area contributed by atoms with Crippen LogP contribution in [0.2, 0.25) is 0 Å². The van der Waals surface area contributed by atoms with Crippen molar-refractivity contribution in [2.24, 2.45) is 5.16 Å². The molecule has 6 heteroatoms. The summed E-state index contributed by atoms with van der Waals surface area (Å²) >= 11 is 0. The molecule has 0 aromatic heterocycles. The van der Waals surface area contributed by atoms with Crippen molar-refractivity contribution in [1.82, 2.24) is 4.90 Å². The lowest BCUT2D eigenvalue weighted by atomic mass is 9.95. The minimum Gasteiger partial charge on any atom is -0.462 e. The minimum atomic E-state index is -0.314. The molecular formula is C25H32N2O4. The number of cyclic esters (lactones) is 1. The van der Waals surface area contributed by atoms with Crippen LogP contribution >= 0.6 is 0 Å². The van der Waals surface area contributed by atoms with Crippen LogP contribution in [0.3, 0.4) is 0 Å². The molecule has 0 unspecified atom stereocenters. The summed E-state index contributed by atoms with van der Waals surface area (Å²) in [6.07, 6.45) is 13.1. The van der Waals surface area contributed by atoms with Gasteiger partial charge in [0.25, 0.3) is 5.91 Å². The SMILES string of the molecule is Cc1cc(C)c2c(c1)CC(=N\OCC(=O)N1CCCC1)/C=C/CC/C=C/CCOC2=O. The first-order valence-electron chi connectivity index (χ1n) is 11.1. The molecule has 1 amide bonds. The lowest BCUT2D eigenvalue weighted by Crippen LogP contribution is -2.30. The monoisotopic (exact) mass is 424 g/mol. The van der Waals surface area contributed by atoms with E-state index in [-0.39, 0.29) is 18.5 Å². The van der Waals surface area contributed by atoms with E-state index in [2.05, 4.69) is 17.3 Å². The molecule has 31 heavy (non-hydrogen) atoms. The van der Waals surface area contributed by atoms with Crippen LogP contribution in [0, 0.1) is 13.8 Å². The molecule has 2 aliphatic rings. The summed E-state index contributed by atoms with van der Waals surface area (Å²) in [4.78, 5) is 32.3. The van der Waals surface area contributed by atoms with E-state index in [9.17, 15) is 9.59 Å². The van der Waals surface area contributed by atoms with Crippen molar-refractivity contribution in [3.63, 3.8) is 0 Å². The van der Waals surface area contributed by atoms with Gasteiger partial charge in [-0.1, -0.05) is 41.1 Å². The van der Waals surface area contributed by atoms with Gasteiger partial charge in [0.1, 0.15) is 0 Å². The number of esters is 1. The summed E-state index contributed by atoms with van der Waals surface area (Å²) in [5.41, 5.74) is 4.07. The molecule has 1 fully saturated rings. The van der Waals surface area contributed by atoms with Crippen LogP contribution in [0.4, 0.5) is 0 Å². The van der Waals surface area contributed by atoms with Gasteiger partial charge in [0, 0.05) is 19.5 Å². The number of fused-ring (bicyclic) bond motifs is 1. The number of nitrogens with zero attached hydrogens (tertiary/aromatic N) is 2. The van der Waals surface area contributed by atoms with Crippen LogP contribution in [0.5, 0.6) is 0 Å². The quantitative estimate of drug-likeness (QED) is 0.412. The van der Waals surface area contributed by atoms with E-state index in [1.807, 2.05) is 43.0 Å². The summed E-state index contributed by atoms with van der Waals surface area (Å²) in [6.45, 7) is 5.81. The van der Waals surface area contributed by atoms with Crippen molar-refractivity contribution in [2.75, 3.05) is 26.3 Å². The highest BCUT2D eigenvalue weighted by Crippen LogP contribution is 2.20. The largest absolute Gasteiger partial charge is 0.462 e. The Morgan fingerprint density at radius 3 is 2.65 bits per heavy atom. The first-order chi connectivity index (χ1) is 15.0. The fourth-order valence-corrected chi connectivity index (χ4v) is 3.97. The Hall–Kier alpha value is -2.89. The standard InChI is InChI=1S/C25H32N2O4/c1-19-15-20(2)24-21(16-19)17-22(26-31-18-23(28)27-12-8-9-13-27)11-7-5-3-4-6-10-14-30-25(24)29/h4,6-7,11,15-16H,3,5,8-10,12-14,17-18H2,1-2H3/b6-4+,11-7+,26-22-. The Morgan fingerprint density at radius 1 is 1.10 bits per heavy atom. The summed E-state index contributed by atoms with van der Waals surface area (Å²) in [5.74, 6) is -0.348. The van der Waals surface area contributed by atoms with Gasteiger partial charge in [0.15, 0.2) is 6.61 Å². The van der Waals surface area contributed by atoms with Crippen molar-refractivity contribution in [3.05, 3.63) is 58.7 Å². The van der Waals surface area contributed by atoms with Crippen molar-refractivity contribution < 1.29 is 19.2 Å². The molecule has 166 valence electrons. The number of ether oxygens (including phenoxy) is 1. The normalized spacial score (nSPS) is 21.2. The molecule has 2 aliphatic heterocycles. The fraction of sp³-hybridized carbons (Fsp3) is 0.480. The highest BCUT2D eigenvalue weighted by molar-refractivity contribution is 6.00. The van der Waals surface area contributed by atoms with Crippen molar-refractivity contribution in [3.8, 4) is 0 Å². The maximum absolute atomic E-state index is 12.8. The number of carbonyl (C=O) groups is 2. The first kappa shape index (κ1) is 22.8. The Bertz CT molecular complexity index is 880. The number of amides is 1.